The lowest BCUT2D eigenvalue weighted by molar-refractivity contribution is 0.0521. The van der Waals surface area contributed by atoms with Crippen molar-refractivity contribution in [3.8, 4) is 5.75 Å². The summed E-state index contributed by atoms with van der Waals surface area (Å²) in [7, 11) is 0. The zero-order valence-electron chi connectivity index (χ0n) is 17.5. The number of nitrogens with zero attached hydrogens (tertiary/aromatic N) is 2. The molecule has 0 amide bonds. The minimum atomic E-state index is -0.586. The summed E-state index contributed by atoms with van der Waals surface area (Å²) in [5.41, 5.74) is 0.484. The molecule has 8 heteroatoms. The number of halogens is 2. The lowest BCUT2D eigenvalue weighted by atomic mass is 9.72. The lowest BCUT2D eigenvalue weighted by Gasteiger charge is -2.44. The summed E-state index contributed by atoms with van der Waals surface area (Å²) in [6.45, 7) is 2.59. The first-order valence-electron chi connectivity index (χ1n) is 10.8. The number of carbonyl (C=O) groups excluding carboxylic acids is 1. The lowest BCUT2D eigenvalue weighted by Crippen LogP contribution is -2.43. The summed E-state index contributed by atoms with van der Waals surface area (Å²) >= 11 is 9.86. The Labute approximate surface area is 195 Å². The molecule has 6 nitrogen and oxygen atoms in total. The largest absolute Gasteiger partial charge is 0.490 e. The van der Waals surface area contributed by atoms with Gasteiger partial charge in [-0.1, -0.05) is 24.4 Å². The van der Waals surface area contributed by atoms with Crippen LogP contribution in [0.4, 0.5) is 0 Å². The molecule has 0 bridgehead atoms. The average molecular weight is 510 g/mol. The summed E-state index contributed by atoms with van der Waals surface area (Å²) in [4.78, 5) is 28.9. The van der Waals surface area contributed by atoms with Gasteiger partial charge in [0.25, 0.3) is 0 Å². The molecule has 2 heterocycles. The molecule has 4 rings (SSSR count). The van der Waals surface area contributed by atoms with Crippen molar-refractivity contribution in [2.24, 2.45) is 5.92 Å². The van der Waals surface area contributed by atoms with Crippen molar-refractivity contribution in [3.05, 3.63) is 55.6 Å². The molecule has 0 saturated heterocycles. The van der Waals surface area contributed by atoms with Gasteiger partial charge in [-0.2, -0.15) is 0 Å². The first kappa shape index (κ1) is 22.3. The van der Waals surface area contributed by atoms with Gasteiger partial charge in [0.15, 0.2) is 16.3 Å². The summed E-state index contributed by atoms with van der Waals surface area (Å²) in [6.07, 6.45) is 10.6. The number of hydrogen-bond acceptors (Lipinski definition) is 5. The van der Waals surface area contributed by atoms with Crippen LogP contribution >= 0.6 is 27.5 Å². The molecule has 0 atom stereocenters. The third kappa shape index (κ3) is 4.98. The summed E-state index contributed by atoms with van der Waals surface area (Å²) in [6, 6.07) is 3.40. The van der Waals surface area contributed by atoms with Crippen molar-refractivity contribution in [3.63, 3.8) is 0 Å². The smallest absolute Gasteiger partial charge is 0.343 e. The van der Waals surface area contributed by atoms with E-state index in [1.807, 2.05) is 10.6 Å². The van der Waals surface area contributed by atoms with E-state index in [0.29, 0.717) is 28.5 Å². The standard InChI is InChI=1S/C23H26BrClN2O4/c1-2-30-22(29)17-14-27(10-6-18(17)28)23(8-3-9-23)13-16-12-19(21(25)26-20(16)24)31-11-7-15-4-5-15/h6,10,12,14-15H,2-5,7-9,11,13H2,1H3. The number of pyridine rings is 2. The molecule has 2 aromatic heterocycles. The zero-order chi connectivity index (χ0) is 22.0. The van der Waals surface area contributed by atoms with Gasteiger partial charge in [-0.25, -0.2) is 9.78 Å². The van der Waals surface area contributed by atoms with E-state index >= 15 is 0 Å². The van der Waals surface area contributed by atoms with Crippen molar-refractivity contribution >= 4 is 33.5 Å². The fourth-order valence-electron chi connectivity index (χ4n) is 4.06. The van der Waals surface area contributed by atoms with Crippen LogP contribution in [0, 0.1) is 5.92 Å². The first-order chi connectivity index (χ1) is 14.9. The fraction of sp³-hybridized carbons (Fsp3) is 0.522. The minimum Gasteiger partial charge on any atom is -0.490 e. The SMILES string of the molecule is CCOC(=O)c1cn(C2(Cc3cc(OCCC4CC4)c(Cl)nc3Br)CCC2)ccc1=O. The van der Waals surface area contributed by atoms with Crippen molar-refractivity contribution in [2.45, 2.75) is 57.4 Å². The predicted molar refractivity (Wildman–Crippen MR) is 122 cm³/mol. The Kier molecular flexibility index (Phi) is 6.72. The number of rotatable bonds is 9. The maximum absolute atomic E-state index is 12.2. The molecule has 31 heavy (non-hydrogen) atoms. The number of esters is 1. The van der Waals surface area contributed by atoms with Gasteiger partial charge < -0.3 is 14.0 Å². The van der Waals surface area contributed by atoms with Crippen molar-refractivity contribution in [1.82, 2.24) is 9.55 Å². The van der Waals surface area contributed by atoms with Gasteiger partial charge in [-0.3, -0.25) is 4.79 Å². The Balaban J connectivity index is 1.59. The van der Waals surface area contributed by atoms with Gasteiger partial charge in [-0.15, -0.1) is 0 Å². The normalized spacial score (nSPS) is 17.1. The van der Waals surface area contributed by atoms with E-state index in [0.717, 1.165) is 37.2 Å². The molecule has 0 radical (unpaired) electrons. The molecule has 0 spiro atoms. The van der Waals surface area contributed by atoms with Crippen LogP contribution in [0.3, 0.4) is 0 Å². The second-order valence-electron chi connectivity index (χ2n) is 8.41. The van der Waals surface area contributed by atoms with Crippen LogP contribution in [0.2, 0.25) is 5.15 Å². The van der Waals surface area contributed by atoms with Crippen LogP contribution in [0.25, 0.3) is 0 Å². The summed E-state index contributed by atoms with van der Waals surface area (Å²) < 4.78 is 13.6. The average Bonchev–Trinajstić information content (AvgIpc) is 3.52. The van der Waals surface area contributed by atoms with Gasteiger partial charge in [0.05, 0.1) is 13.2 Å². The van der Waals surface area contributed by atoms with Crippen LogP contribution in [0.1, 0.15) is 61.4 Å². The molecule has 0 aromatic carbocycles. The monoisotopic (exact) mass is 508 g/mol. The summed E-state index contributed by atoms with van der Waals surface area (Å²) in [5, 5.41) is 0.349. The van der Waals surface area contributed by atoms with Crippen LogP contribution in [0.5, 0.6) is 5.75 Å². The molecule has 2 aromatic rings. The van der Waals surface area contributed by atoms with E-state index < -0.39 is 5.97 Å². The van der Waals surface area contributed by atoms with Gasteiger partial charge in [-0.05, 0) is 72.5 Å². The Hall–Kier alpha value is -1.86. The van der Waals surface area contributed by atoms with E-state index in [1.165, 1.54) is 18.9 Å². The van der Waals surface area contributed by atoms with Crippen molar-refractivity contribution < 1.29 is 14.3 Å². The molecule has 0 N–H and O–H groups in total. The number of aromatic nitrogens is 2. The van der Waals surface area contributed by atoms with Gasteiger partial charge in [0.1, 0.15) is 10.2 Å². The molecule has 0 aliphatic heterocycles. The van der Waals surface area contributed by atoms with E-state index in [4.69, 9.17) is 21.1 Å². The van der Waals surface area contributed by atoms with E-state index in [2.05, 4.69) is 20.9 Å². The first-order valence-corrected chi connectivity index (χ1v) is 12.0. The molecular formula is C23H26BrClN2O4. The number of hydrogen-bond donors (Lipinski definition) is 0. The van der Waals surface area contributed by atoms with E-state index in [-0.39, 0.29) is 23.1 Å². The van der Waals surface area contributed by atoms with Crippen LogP contribution in [0.15, 0.2) is 33.9 Å². The van der Waals surface area contributed by atoms with Gasteiger partial charge in [0, 0.05) is 24.0 Å². The fourth-order valence-corrected chi connectivity index (χ4v) is 4.79. The zero-order valence-corrected chi connectivity index (χ0v) is 19.9. The second kappa shape index (κ2) is 9.33. The van der Waals surface area contributed by atoms with Crippen molar-refractivity contribution in [1.29, 1.82) is 0 Å². The molecule has 2 fully saturated rings. The third-order valence-electron chi connectivity index (χ3n) is 6.22. The topological polar surface area (TPSA) is 70.4 Å². The van der Waals surface area contributed by atoms with Gasteiger partial charge >= 0.3 is 5.97 Å². The van der Waals surface area contributed by atoms with E-state index in [1.54, 1.807) is 19.3 Å². The maximum atomic E-state index is 12.2. The highest BCUT2D eigenvalue weighted by Crippen LogP contribution is 2.44. The van der Waals surface area contributed by atoms with Gasteiger partial charge in [0.2, 0.25) is 0 Å². The van der Waals surface area contributed by atoms with Crippen LogP contribution in [-0.2, 0) is 16.7 Å². The molecule has 2 saturated carbocycles. The Bertz CT molecular complexity index is 1030. The Morgan fingerprint density at radius 2 is 2.16 bits per heavy atom. The molecule has 166 valence electrons. The molecule has 0 unspecified atom stereocenters. The molecular weight excluding hydrogens is 484 g/mol. The predicted octanol–water partition coefficient (Wildman–Crippen LogP) is 5.14. The highest BCUT2D eigenvalue weighted by atomic mass is 79.9. The van der Waals surface area contributed by atoms with Crippen LogP contribution in [-0.4, -0.2) is 28.7 Å². The highest BCUT2D eigenvalue weighted by Gasteiger charge is 2.39. The quantitative estimate of drug-likeness (QED) is 0.346. The molecule has 2 aliphatic carbocycles. The number of ether oxygens (including phenoxy) is 2. The van der Waals surface area contributed by atoms with E-state index in [9.17, 15) is 9.59 Å². The Morgan fingerprint density at radius 3 is 2.81 bits per heavy atom. The number of carbonyl (C=O) groups is 1. The maximum Gasteiger partial charge on any atom is 0.343 e. The third-order valence-corrected chi connectivity index (χ3v) is 7.17. The highest BCUT2D eigenvalue weighted by molar-refractivity contribution is 9.10. The summed E-state index contributed by atoms with van der Waals surface area (Å²) in [5.74, 6) is 0.799. The molecule has 2 aliphatic rings. The van der Waals surface area contributed by atoms with Crippen molar-refractivity contribution in [2.75, 3.05) is 13.2 Å². The Morgan fingerprint density at radius 1 is 1.39 bits per heavy atom. The van der Waals surface area contributed by atoms with Crippen LogP contribution < -0.4 is 10.2 Å². The second-order valence-corrected chi connectivity index (χ2v) is 9.52. The minimum absolute atomic E-state index is 0.0630.